The van der Waals surface area contributed by atoms with Crippen LogP contribution in [0.5, 0.6) is 0 Å². The molecule has 0 aliphatic carbocycles. The first-order valence-corrected chi connectivity index (χ1v) is 9.87. The number of carbonyl (C=O) groups excluding carboxylic acids is 1. The Morgan fingerprint density at radius 1 is 1.14 bits per heavy atom. The molecular formula is C21H22Cl2F2N2O. The van der Waals surface area contributed by atoms with Gasteiger partial charge in [-0.05, 0) is 62.2 Å². The third kappa shape index (κ3) is 4.83. The number of benzene rings is 2. The smallest absolute Gasteiger partial charge is 0.227 e. The molecule has 0 bridgehead atoms. The second-order valence-electron chi connectivity index (χ2n) is 7.49. The number of amides is 1. The Kier molecular flexibility index (Phi) is 6.58. The maximum absolute atomic E-state index is 14.0. The van der Waals surface area contributed by atoms with Crippen molar-refractivity contribution in [2.45, 2.75) is 25.8 Å². The molecule has 0 saturated carbocycles. The van der Waals surface area contributed by atoms with Crippen molar-refractivity contribution in [3.05, 3.63) is 63.1 Å². The molecule has 1 amide bonds. The zero-order chi connectivity index (χ0) is 20.4. The first kappa shape index (κ1) is 21.0. The van der Waals surface area contributed by atoms with Crippen molar-refractivity contribution in [3.8, 4) is 0 Å². The van der Waals surface area contributed by atoms with Gasteiger partial charge in [0.2, 0.25) is 5.91 Å². The molecule has 2 aromatic rings. The zero-order valence-corrected chi connectivity index (χ0v) is 17.3. The average Bonchev–Trinajstić information content (AvgIpc) is 2.58. The van der Waals surface area contributed by atoms with Crippen LogP contribution in [-0.2, 0) is 17.8 Å². The van der Waals surface area contributed by atoms with Gasteiger partial charge in [0.15, 0.2) is 0 Å². The van der Waals surface area contributed by atoms with Crippen LogP contribution >= 0.6 is 23.2 Å². The van der Waals surface area contributed by atoms with E-state index in [-0.39, 0.29) is 11.8 Å². The van der Waals surface area contributed by atoms with Crippen molar-refractivity contribution in [2.75, 3.05) is 25.5 Å². The molecular weight excluding hydrogens is 405 g/mol. The summed E-state index contributed by atoms with van der Waals surface area (Å²) in [5, 5.41) is 0.845. The van der Waals surface area contributed by atoms with Gasteiger partial charge in [-0.25, -0.2) is 8.78 Å². The fourth-order valence-electron chi connectivity index (χ4n) is 3.63. The predicted molar refractivity (Wildman–Crippen MR) is 109 cm³/mol. The number of carbonyl (C=O) groups is 1. The van der Waals surface area contributed by atoms with Gasteiger partial charge in [0, 0.05) is 25.6 Å². The fraction of sp³-hybridized carbons (Fsp3) is 0.381. The third-order valence-electron chi connectivity index (χ3n) is 4.88. The highest BCUT2D eigenvalue weighted by Crippen LogP contribution is 2.38. The molecule has 0 aromatic heterocycles. The molecule has 3 rings (SSSR count). The quantitative estimate of drug-likeness (QED) is 0.645. The van der Waals surface area contributed by atoms with E-state index in [1.165, 1.54) is 12.1 Å². The van der Waals surface area contributed by atoms with E-state index in [1.807, 2.05) is 31.1 Å². The summed E-state index contributed by atoms with van der Waals surface area (Å²) in [6, 6.07) is 7.24. The maximum Gasteiger partial charge on any atom is 0.227 e. The van der Waals surface area contributed by atoms with E-state index in [9.17, 15) is 13.6 Å². The first-order valence-electron chi connectivity index (χ1n) is 9.11. The lowest BCUT2D eigenvalue weighted by Crippen LogP contribution is -2.41. The molecule has 28 heavy (non-hydrogen) atoms. The molecule has 1 aliphatic heterocycles. The van der Waals surface area contributed by atoms with E-state index in [4.69, 9.17) is 23.2 Å². The second-order valence-corrected chi connectivity index (χ2v) is 8.31. The van der Waals surface area contributed by atoms with Crippen LogP contribution in [0, 0.1) is 17.6 Å². The summed E-state index contributed by atoms with van der Waals surface area (Å²) in [4.78, 5) is 16.1. The van der Waals surface area contributed by atoms with Crippen molar-refractivity contribution in [1.82, 2.24) is 4.90 Å². The van der Waals surface area contributed by atoms with E-state index >= 15 is 0 Å². The number of hydrogen-bond acceptors (Lipinski definition) is 2. The number of nitrogens with zero attached hydrogens (tertiary/aromatic N) is 2. The molecule has 0 spiro atoms. The summed E-state index contributed by atoms with van der Waals surface area (Å²) in [7, 11) is 3.89. The van der Waals surface area contributed by atoms with Gasteiger partial charge in [0.05, 0.1) is 15.7 Å². The number of halogens is 4. The van der Waals surface area contributed by atoms with Crippen LogP contribution in [0.3, 0.4) is 0 Å². The van der Waals surface area contributed by atoms with Crippen molar-refractivity contribution in [2.24, 2.45) is 5.92 Å². The minimum atomic E-state index is -0.599. The SMILES string of the molecule is CN(C)Cc1cc(Cl)c(N2CC(Cc3ccc(F)cc3F)CCC2=O)c(Cl)c1. The highest BCUT2D eigenvalue weighted by molar-refractivity contribution is 6.40. The van der Waals surface area contributed by atoms with Crippen molar-refractivity contribution in [3.63, 3.8) is 0 Å². The molecule has 7 heteroatoms. The van der Waals surface area contributed by atoms with Crippen LogP contribution in [0.15, 0.2) is 30.3 Å². The molecule has 0 N–H and O–H groups in total. The lowest BCUT2D eigenvalue weighted by Gasteiger charge is -2.34. The number of anilines is 1. The van der Waals surface area contributed by atoms with Gasteiger partial charge in [-0.2, -0.15) is 0 Å². The van der Waals surface area contributed by atoms with Crippen LogP contribution in [0.1, 0.15) is 24.0 Å². The number of piperidine rings is 1. The normalized spacial score (nSPS) is 17.5. The summed E-state index contributed by atoms with van der Waals surface area (Å²) >= 11 is 12.9. The minimum absolute atomic E-state index is 0.0336. The summed E-state index contributed by atoms with van der Waals surface area (Å²) in [5.74, 6) is -1.18. The number of rotatable bonds is 5. The van der Waals surface area contributed by atoms with E-state index < -0.39 is 11.6 Å². The molecule has 1 heterocycles. The van der Waals surface area contributed by atoms with Gasteiger partial charge >= 0.3 is 0 Å². The number of hydrogen-bond donors (Lipinski definition) is 0. The monoisotopic (exact) mass is 426 g/mol. The zero-order valence-electron chi connectivity index (χ0n) is 15.8. The van der Waals surface area contributed by atoms with Crippen molar-refractivity contribution >= 4 is 34.8 Å². The predicted octanol–water partition coefficient (Wildman–Crippen LogP) is 5.32. The van der Waals surface area contributed by atoms with Gasteiger partial charge in [0.1, 0.15) is 11.6 Å². The van der Waals surface area contributed by atoms with Gasteiger partial charge in [-0.1, -0.05) is 29.3 Å². The molecule has 1 aliphatic rings. The van der Waals surface area contributed by atoms with E-state index in [0.717, 1.165) is 11.6 Å². The summed E-state index contributed by atoms with van der Waals surface area (Å²) in [6.07, 6.45) is 1.39. The molecule has 0 radical (unpaired) electrons. The van der Waals surface area contributed by atoms with Crippen LogP contribution in [0.4, 0.5) is 14.5 Å². The highest BCUT2D eigenvalue weighted by atomic mass is 35.5. The Morgan fingerprint density at radius 3 is 2.43 bits per heavy atom. The van der Waals surface area contributed by atoms with Gasteiger partial charge in [-0.15, -0.1) is 0 Å². The van der Waals surface area contributed by atoms with Crippen molar-refractivity contribution < 1.29 is 13.6 Å². The molecule has 1 saturated heterocycles. The molecule has 150 valence electrons. The standard InChI is InChI=1S/C21H22Cl2F2N2O/c1-26(2)11-14-8-17(22)21(18(23)9-14)27-12-13(3-6-20(27)28)7-15-4-5-16(24)10-19(15)25/h4-5,8-10,13H,3,6-7,11-12H2,1-2H3. The molecule has 1 atom stereocenters. The minimum Gasteiger partial charge on any atom is -0.309 e. The maximum atomic E-state index is 14.0. The topological polar surface area (TPSA) is 23.6 Å². The molecule has 3 nitrogen and oxygen atoms in total. The van der Waals surface area contributed by atoms with Crippen LogP contribution in [0.2, 0.25) is 10.0 Å². The molecule has 1 fully saturated rings. The van der Waals surface area contributed by atoms with Gasteiger partial charge in [0.25, 0.3) is 0 Å². The first-order chi connectivity index (χ1) is 13.2. The Hall–Kier alpha value is -1.69. The fourth-order valence-corrected chi connectivity index (χ4v) is 4.36. The average molecular weight is 427 g/mol. The van der Waals surface area contributed by atoms with E-state index in [2.05, 4.69) is 0 Å². The van der Waals surface area contributed by atoms with Crippen LogP contribution in [0.25, 0.3) is 0 Å². The van der Waals surface area contributed by atoms with E-state index in [1.54, 1.807) is 4.90 Å². The Bertz CT molecular complexity index is 866. The second kappa shape index (κ2) is 8.76. The van der Waals surface area contributed by atoms with Crippen molar-refractivity contribution in [1.29, 1.82) is 0 Å². The van der Waals surface area contributed by atoms with Gasteiger partial charge < -0.3 is 9.80 Å². The van der Waals surface area contributed by atoms with Crippen LogP contribution < -0.4 is 4.90 Å². The third-order valence-corrected chi connectivity index (χ3v) is 5.45. The molecule has 2 aromatic carbocycles. The summed E-state index contributed by atoms with van der Waals surface area (Å²) < 4.78 is 27.1. The largest absolute Gasteiger partial charge is 0.309 e. The Balaban J connectivity index is 1.82. The molecule has 1 unspecified atom stereocenters. The Morgan fingerprint density at radius 2 is 1.82 bits per heavy atom. The summed E-state index contributed by atoms with van der Waals surface area (Å²) in [5.41, 5.74) is 1.90. The Labute approximate surface area is 173 Å². The lowest BCUT2D eigenvalue weighted by molar-refractivity contribution is -0.120. The summed E-state index contributed by atoms with van der Waals surface area (Å²) in [6.45, 7) is 1.07. The highest BCUT2D eigenvalue weighted by Gasteiger charge is 2.30. The van der Waals surface area contributed by atoms with Crippen LogP contribution in [-0.4, -0.2) is 31.4 Å². The lowest BCUT2D eigenvalue weighted by atomic mass is 9.90. The van der Waals surface area contributed by atoms with E-state index in [0.29, 0.717) is 53.6 Å². The van der Waals surface area contributed by atoms with Gasteiger partial charge in [-0.3, -0.25) is 4.79 Å².